The number of carbonyl (C=O) groups excluding carboxylic acids is 1. The lowest BCUT2D eigenvalue weighted by atomic mass is 9.88. The number of rotatable bonds is 3. The molecule has 1 aromatic rings. The minimum absolute atomic E-state index is 0.0583. The molecule has 3 nitrogen and oxygen atoms in total. The maximum atomic E-state index is 11.6. The van der Waals surface area contributed by atoms with E-state index < -0.39 is 0 Å². The Morgan fingerprint density at radius 3 is 3.05 bits per heavy atom. The molecule has 0 amide bonds. The Kier molecular flexibility index (Phi) is 4.51. The first kappa shape index (κ1) is 14.7. The van der Waals surface area contributed by atoms with Gasteiger partial charge in [0.1, 0.15) is 0 Å². The van der Waals surface area contributed by atoms with Gasteiger partial charge in [0.05, 0.1) is 5.54 Å². The second-order valence-electron chi connectivity index (χ2n) is 5.00. The van der Waals surface area contributed by atoms with Gasteiger partial charge in [-0.3, -0.25) is 9.79 Å². The van der Waals surface area contributed by atoms with E-state index in [2.05, 4.69) is 23.8 Å². The molecule has 1 aliphatic heterocycles. The molecular formula is C16H18N2OS. The molecule has 0 fully saturated rings. The fourth-order valence-corrected chi connectivity index (χ4v) is 3.25. The van der Waals surface area contributed by atoms with Crippen molar-refractivity contribution < 1.29 is 4.79 Å². The van der Waals surface area contributed by atoms with Gasteiger partial charge in [-0.2, -0.15) is 0 Å². The number of hydrogen-bond donors (Lipinski definition) is 1. The number of ketones is 1. The van der Waals surface area contributed by atoms with Gasteiger partial charge in [0.15, 0.2) is 5.17 Å². The van der Waals surface area contributed by atoms with Crippen LogP contribution in [0.5, 0.6) is 0 Å². The standard InChI is InChI=1S/C16H18N2OS/c1-3-5-14(19)11-12-6-4-7-13(10-12)16(2)8-9-20-15(17)18-16/h4,6-7,10H,8-9,11H2,1-2H3,(H2,17,18)/t16-/m0/s1. The number of hydrogen-bond acceptors (Lipinski definition) is 4. The van der Waals surface area contributed by atoms with Crippen LogP contribution in [-0.4, -0.2) is 16.7 Å². The minimum Gasteiger partial charge on any atom is -0.379 e. The highest BCUT2D eigenvalue weighted by Gasteiger charge is 2.29. The van der Waals surface area contributed by atoms with Crippen molar-refractivity contribution in [3.8, 4) is 11.8 Å². The number of benzene rings is 1. The van der Waals surface area contributed by atoms with E-state index in [-0.39, 0.29) is 11.3 Å². The van der Waals surface area contributed by atoms with Gasteiger partial charge in [-0.05, 0) is 37.3 Å². The zero-order valence-electron chi connectivity index (χ0n) is 11.8. The molecule has 0 saturated carbocycles. The molecule has 0 bridgehead atoms. The van der Waals surface area contributed by atoms with Crippen LogP contribution in [0.4, 0.5) is 0 Å². The van der Waals surface area contributed by atoms with Crippen LogP contribution in [-0.2, 0) is 16.8 Å². The molecule has 0 spiro atoms. The molecule has 4 heteroatoms. The predicted molar refractivity (Wildman–Crippen MR) is 84.7 cm³/mol. The average molecular weight is 286 g/mol. The van der Waals surface area contributed by atoms with Crippen molar-refractivity contribution in [2.75, 3.05) is 5.75 Å². The third-order valence-corrected chi connectivity index (χ3v) is 4.17. The number of carbonyl (C=O) groups is 1. The van der Waals surface area contributed by atoms with Gasteiger partial charge in [-0.1, -0.05) is 41.9 Å². The number of nitrogens with two attached hydrogens (primary N) is 1. The summed E-state index contributed by atoms with van der Waals surface area (Å²) in [7, 11) is 0. The minimum atomic E-state index is -0.287. The summed E-state index contributed by atoms with van der Waals surface area (Å²) < 4.78 is 0. The molecular weight excluding hydrogens is 268 g/mol. The van der Waals surface area contributed by atoms with Gasteiger partial charge in [0.25, 0.3) is 0 Å². The highest BCUT2D eigenvalue weighted by Crippen LogP contribution is 2.35. The molecule has 0 saturated heterocycles. The molecule has 0 unspecified atom stereocenters. The SMILES string of the molecule is CC#CC(=O)Cc1cccc([C@]2(C)CCSC(N)=N2)c1. The van der Waals surface area contributed by atoms with Gasteiger partial charge < -0.3 is 5.73 Å². The Morgan fingerprint density at radius 1 is 1.55 bits per heavy atom. The fraction of sp³-hybridized carbons (Fsp3) is 0.375. The van der Waals surface area contributed by atoms with Gasteiger partial charge in [0.2, 0.25) is 5.78 Å². The molecule has 1 aliphatic rings. The second-order valence-corrected chi connectivity index (χ2v) is 6.11. The Balaban J connectivity index is 2.27. The van der Waals surface area contributed by atoms with Crippen LogP contribution >= 0.6 is 11.8 Å². The van der Waals surface area contributed by atoms with E-state index in [1.54, 1.807) is 18.7 Å². The fourth-order valence-electron chi connectivity index (χ4n) is 2.28. The maximum absolute atomic E-state index is 11.6. The lowest BCUT2D eigenvalue weighted by Gasteiger charge is -2.30. The normalized spacial score (nSPS) is 21.6. The van der Waals surface area contributed by atoms with E-state index in [0.29, 0.717) is 11.6 Å². The number of nitrogens with zero attached hydrogens (tertiary/aromatic N) is 1. The van der Waals surface area contributed by atoms with Gasteiger partial charge in [-0.15, -0.1) is 0 Å². The third-order valence-electron chi connectivity index (χ3n) is 3.37. The largest absolute Gasteiger partial charge is 0.379 e. The molecule has 1 atom stereocenters. The van der Waals surface area contributed by atoms with Crippen LogP contribution in [0, 0.1) is 11.8 Å². The van der Waals surface area contributed by atoms with E-state index in [9.17, 15) is 4.79 Å². The van der Waals surface area contributed by atoms with E-state index in [4.69, 9.17) is 5.73 Å². The topological polar surface area (TPSA) is 55.5 Å². The van der Waals surface area contributed by atoms with Crippen molar-refractivity contribution in [3.05, 3.63) is 35.4 Å². The maximum Gasteiger partial charge on any atom is 0.209 e. The Bertz CT molecular complexity index is 612. The van der Waals surface area contributed by atoms with Crippen molar-refractivity contribution in [2.45, 2.75) is 32.2 Å². The summed E-state index contributed by atoms with van der Waals surface area (Å²) in [5, 5.41) is 0.636. The number of amidine groups is 1. The van der Waals surface area contributed by atoms with Gasteiger partial charge in [-0.25, -0.2) is 0 Å². The zero-order valence-corrected chi connectivity index (χ0v) is 12.6. The van der Waals surface area contributed by atoms with Crippen LogP contribution in [0.25, 0.3) is 0 Å². The monoisotopic (exact) mass is 286 g/mol. The summed E-state index contributed by atoms with van der Waals surface area (Å²) >= 11 is 1.59. The highest BCUT2D eigenvalue weighted by molar-refractivity contribution is 8.13. The van der Waals surface area contributed by atoms with E-state index in [0.717, 1.165) is 23.3 Å². The van der Waals surface area contributed by atoms with Crippen LogP contribution in [0.15, 0.2) is 29.3 Å². The van der Waals surface area contributed by atoms with E-state index >= 15 is 0 Å². The summed E-state index contributed by atoms with van der Waals surface area (Å²) in [5.74, 6) is 6.12. The van der Waals surface area contributed by atoms with Crippen molar-refractivity contribution in [1.29, 1.82) is 0 Å². The van der Waals surface area contributed by atoms with Crippen molar-refractivity contribution in [3.63, 3.8) is 0 Å². The molecule has 0 aliphatic carbocycles. The number of thioether (sulfide) groups is 1. The predicted octanol–water partition coefficient (Wildman–Crippen LogP) is 2.49. The van der Waals surface area contributed by atoms with Crippen molar-refractivity contribution in [1.82, 2.24) is 0 Å². The molecule has 2 rings (SSSR count). The molecule has 104 valence electrons. The summed E-state index contributed by atoms with van der Waals surface area (Å²) in [5.41, 5.74) is 7.64. The average Bonchev–Trinajstić information content (AvgIpc) is 2.39. The molecule has 2 N–H and O–H groups in total. The molecule has 1 aromatic carbocycles. The molecule has 0 radical (unpaired) electrons. The van der Waals surface area contributed by atoms with Gasteiger partial charge in [0, 0.05) is 12.2 Å². The summed E-state index contributed by atoms with van der Waals surface area (Å²) in [6.07, 6.45) is 1.29. The van der Waals surface area contributed by atoms with E-state index in [1.807, 2.05) is 24.3 Å². The van der Waals surface area contributed by atoms with Crippen LogP contribution in [0.2, 0.25) is 0 Å². The lowest BCUT2D eigenvalue weighted by molar-refractivity contribution is -0.113. The smallest absolute Gasteiger partial charge is 0.209 e. The molecule has 20 heavy (non-hydrogen) atoms. The number of aliphatic imine (C=N–C) groups is 1. The molecule has 1 heterocycles. The Morgan fingerprint density at radius 2 is 2.35 bits per heavy atom. The zero-order chi connectivity index (χ0) is 14.6. The lowest BCUT2D eigenvalue weighted by Crippen LogP contribution is -2.28. The highest BCUT2D eigenvalue weighted by atomic mass is 32.2. The Hall–Kier alpha value is -1.73. The number of Topliss-reactive ketones (excluding diaryl/α,β-unsaturated/α-hetero) is 1. The quantitative estimate of drug-likeness (QED) is 0.686. The first-order valence-corrected chi connectivity index (χ1v) is 7.55. The van der Waals surface area contributed by atoms with Crippen LogP contribution in [0.3, 0.4) is 0 Å². The van der Waals surface area contributed by atoms with Crippen molar-refractivity contribution >= 4 is 22.7 Å². The van der Waals surface area contributed by atoms with Gasteiger partial charge >= 0.3 is 0 Å². The van der Waals surface area contributed by atoms with Crippen LogP contribution < -0.4 is 5.73 Å². The summed E-state index contributed by atoms with van der Waals surface area (Å²) in [6.45, 7) is 3.76. The van der Waals surface area contributed by atoms with Crippen molar-refractivity contribution in [2.24, 2.45) is 10.7 Å². The first-order valence-electron chi connectivity index (χ1n) is 6.56. The first-order chi connectivity index (χ1) is 9.53. The summed E-state index contributed by atoms with van der Waals surface area (Å²) in [4.78, 5) is 16.2. The second kappa shape index (κ2) is 6.15. The summed E-state index contributed by atoms with van der Waals surface area (Å²) in [6, 6.07) is 8.01. The molecule has 0 aromatic heterocycles. The third kappa shape index (κ3) is 3.43. The Labute approximate surface area is 124 Å². The van der Waals surface area contributed by atoms with E-state index in [1.165, 1.54) is 0 Å². The van der Waals surface area contributed by atoms with Crippen LogP contribution in [0.1, 0.15) is 31.4 Å².